The van der Waals surface area contributed by atoms with E-state index < -0.39 is 0 Å². The number of nitrogens with zero attached hydrogens (tertiary/aromatic N) is 1. The van der Waals surface area contributed by atoms with Crippen molar-refractivity contribution in [1.29, 1.82) is 0 Å². The Morgan fingerprint density at radius 2 is 2.12 bits per heavy atom. The van der Waals surface area contributed by atoms with E-state index in [0.717, 1.165) is 32.7 Å². The summed E-state index contributed by atoms with van der Waals surface area (Å²) in [5, 5.41) is 12.7. The van der Waals surface area contributed by atoms with E-state index in [2.05, 4.69) is 17.1 Å². The highest BCUT2D eigenvalue weighted by Gasteiger charge is 2.20. The summed E-state index contributed by atoms with van der Waals surface area (Å²) in [6, 6.07) is 0.853. The quantitative estimate of drug-likeness (QED) is 0.667. The maximum absolute atomic E-state index is 9.14. The van der Waals surface area contributed by atoms with Crippen molar-refractivity contribution in [2.45, 2.75) is 38.3 Å². The van der Waals surface area contributed by atoms with Gasteiger partial charge in [0, 0.05) is 25.7 Å². The first-order chi connectivity index (χ1) is 7.80. The molecule has 1 aliphatic heterocycles. The minimum Gasteiger partial charge on any atom is -0.395 e. The highest BCUT2D eigenvalue weighted by molar-refractivity contribution is 4.80. The lowest BCUT2D eigenvalue weighted by molar-refractivity contribution is 0.120. The Morgan fingerprint density at radius 1 is 1.44 bits per heavy atom. The molecule has 4 heteroatoms. The number of nitrogens with one attached hydrogen (secondary N) is 1. The molecule has 0 spiro atoms. The Hall–Kier alpha value is -0.160. The summed E-state index contributed by atoms with van der Waals surface area (Å²) >= 11 is 0. The lowest BCUT2D eigenvalue weighted by Gasteiger charge is -2.34. The molecule has 1 rings (SSSR count). The predicted octanol–water partition coefficient (Wildman–Crippen LogP) is 0.458. The van der Waals surface area contributed by atoms with Crippen LogP contribution in [0, 0.1) is 0 Å². The molecule has 0 aliphatic carbocycles. The van der Waals surface area contributed by atoms with Gasteiger partial charge in [0.25, 0.3) is 0 Å². The van der Waals surface area contributed by atoms with Crippen LogP contribution in [0.4, 0.5) is 0 Å². The van der Waals surface area contributed by atoms with Crippen molar-refractivity contribution in [3.8, 4) is 0 Å². The summed E-state index contributed by atoms with van der Waals surface area (Å²) in [7, 11) is 1.75. The van der Waals surface area contributed by atoms with Crippen molar-refractivity contribution < 1.29 is 9.84 Å². The van der Waals surface area contributed by atoms with Gasteiger partial charge in [-0.25, -0.2) is 0 Å². The molecule has 0 saturated carbocycles. The number of hydrogen-bond acceptors (Lipinski definition) is 4. The standard InChI is InChI=1S/C12H26N2O2/c1-3-11(10-15)13-12-4-6-14(7-5-12)8-9-16-2/h11-13,15H,3-10H2,1-2H3/t11-/m1/s1. The molecular formula is C12H26N2O2. The molecule has 0 radical (unpaired) electrons. The molecule has 4 nitrogen and oxygen atoms in total. The minimum absolute atomic E-state index is 0.250. The molecular weight excluding hydrogens is 204 g/mol. The largest absolute Gasteiger partial charge is 0.395 e. The van der Waals surface area contributed by atoms with Crippen LogP contribution in [0.15, 0.2) is 0 Å². The maximum Gasteiger partial charge on any atom is 0.0589 e. The predicted molar refractivity (Wildman–Crippen MR) is 65.6 cm³/mol. The number of hydrogen-bond donors (Lipinski definition) is 2. The molecule has 96 valence electrons. The van der Waals surface area contributed by atoms with Gasteiger partial charge in [-0.1, -0.05) is 6.92 Å². The molecule has 0 aromatic rings. The summed E-state index contributed by atoms with van der Waals surface area (Å²) in [4.78, 5) is 2.45. The summed E-state index contributed by atoms with van der Waals surface area (Å²) < 4.78 is 5.08. The third-order valence-electron chi connectivity index (χ3n) is 3.38. The summed E-state index contributed by atoms with van der Waals surface area (Å²) in [5.41, 5.74) is 0. The average molecular weight is 230 g/mol. The van der Waals surface area contributed by atoms with Crippen molar-refractivity contribution >= 4 is 0 Å². The number of likely N-dealkylation sites (tertiary alicyclic amines) is 1. The molecule has 0 unspecified atom stereocenters. The monoisotopic (exact) mass is 230 g/mol. The van der Waals surface area contributed by atoms with Gasteiger partial charge in [-0.2, -0.15) is 0 Å². The minimum atomic E-state index is 0.250. The molecule has 1 saturated heterocycles. The zero-order valence-electron chi connectivity index (χ0n) is 10.6. The molecule has 1 aliphatic rings. The van der Waals surface area contributed by atoms with E-state index in [1.807, 2.05) is 0 Å². The van der Waals surface area contributed by atoms with Crippen LogP contribution in [0.2, 0.25) is 0 Å². The Morgan fingerprint density at radius 3 is 2.62 bits per heavy atom. The molecule has 2 N–H and O–H groups in total. The van der Waals surface area contributed by atoms with Gasteiger partial charge in [-0.05, 0) is 32.4 Å². The van der Waals surface area contributed by atoms with Crippen LogP contribution in [0.1, 0.15) is 26.2 Å². The van der Waals surface area contributed by atoms with Gasteiger partial charge in [0.2, 0.25) is 0 Å². The van der Waals surface area contributed by atoms with Gasteiger partial charge in [0.15, 0.2) is 0 Å². The Balaban J connectivity index is 2.16. The van der Waals surface area contributed by atoms with Crippen molar-refractivity contribution in [1.82, 2.24) is 10.2 Å². The van der Waals surface area contributed by atoms with Gasteiger partial charge in [0.1, 0.15) is 0 Å². The molecule has 1 fully saturated rings. The van der Waals surface area contributed by atoms with Gasteiger partial charge < -0.3 is 20.1 Å². The van der Waals surface area contributed by atoms with E-state index in [-0.39, 0.29) is 12.6 Å². The SMILES string of the molecule is CC[C@H](CO)NC1CCN(CCOC)CC1. The fraction of sp³-hybridized carbons (Fsp3) is 1.00. The number of piperidine rings is 1. The first-order valence-corrected chi connectivity index (χ1v) is 6.38. The second kappa shape index (κ2) is 8.01. The van der Waals surface area contributed by atoms with Crippen molar-refractivity contribution in [3.63, 3.8) is 0 Å². The van der Waals surface area contributed by atoms with Crippen LogP contribution >= 0.6 is 0 Å². The molecule has 0 aromatic heterocycles. The van der Waals surface area contributed by atoms with E-state index in [0.29, 0.717) is 6.04 Å². The fourth-order valence-corrected chi connectivity index (χ4v) is 2.18. The third-order valence-corrected chi connectivity index (χ3v) is 3.38. The number of methoxy groups -OCH3 is 1. The molecule has 0 aromatic carbocycles. The van der Waals surface area contributed by atoms with E-state index in [4.69, 9.17) is 9.84 Å². The van der Waals surface area contributed by atoms with E-state index in [1.54, 1.807) is 7.11 Å². The Kier molecular flexibility index (Phi) is 6.96. The molecule has 1 heterocycles. The van der Waals surface area contributed by atoms with Crippen molar-refractivity contribution in [2.75, 3.05) is 40.0 Å². The highest BCUT2D eigenvalue weighted by atomic mass is 16.5. The van der Waals surface area contributed by atoms with Gasteiger partial charge in [0.05, 0.1) is 13.2 Å². The maximum atomic E-state index is 9.14. The van der Waals surface area contributed by atoms with Gasteiger partial charge in [-0.15, -0.1) is 0 Å². The van der Waals surface area contributed by atoms with Crippen LogP contribution in [0.25, 0.3) is 0 Å². The second-order valence-electron chi connectivity index (χ2n) is 4.56. The van der Waals surface area contributed by atoms with Crippen LogP contribution in [-0.2, 0) is 4.74 Å². The third kappa shape index (κ3) is 4.78. The average Bonchev–Trinajstić information content (AvgIpc) is 2.35. The normalized spacial score (nSPS) is 21.2. The lowest BCUT2D eigenvalue weighted by atomic mass is 10.0. The molecule has 16 heavy (non-hydrogen) atoms. The summed E-state index contributed by atoms with van der Waals surface area (Å²) in [6.45, 7) is 6.51. The molecule has 0 bridgehead atoms. The van der Waals surface area contributed by atoms with E-state index in [1.165, 1.54) is 12.8 Å². The van der Waals surface area contributed by atoms with Crippen molar-refractivity contribution in [2.24, 2.45) is 0 Å². The number of aliphatic hydroxyl groups excluding tert-OH is 1. The van der Waals surface area contributed by atoms with Crippen LogP contribution in [-0.4, -0.2) is 62.0 Å². The first-order valence-electron chi connectivity index (χ1n) is 6.38. The topological polar surface area (TPSA) is 44.7 Å². The summed E-state index contributed by atoms with van der Waals surface area (Å²) in [6.07, 6.45) is 3.36. The smallest absolute Gasteiger partial charge is 0.0589 e. The fourth-order valence-electron chi connectivity index (χ4n) is 2.18. The molecule has 1 atom stereocenters. The number of rotatable bonds is 7. The Bertz CT molecular complexity index is 166. The second-order valence-corrected chi connectivity index (χ2v) is 4.56. The zero-order valence-corrected chi connectivity index (χ0v) is 10.6. The van der Waals surface area contributed by atoms with Crippen molar-refractivity contribution in [3.05, 3.63) is 0 Å². The highest BCUT2D eigenvalue weighted by Crippen LogP contribution is 2.11. The number of ether oxygens (including phenoxy) is 1. The van der Waals surface area contributed by atoms with Crippen LogP contribution in [0.3, 0.4) is 0 Å². The van der Waals surface area contributed by atoms with E-state index >= 15 is 0 Å². The van der Waals surface area contributed by atoms with Crippen LogP contribution < -0.4 is 5.32 Å². The lowest BCUT2D eigenvalue weighted by Crippen LogP contribution is -2.47. The van der Waals surface area contributed by atoms with Gasteiger partial charge in [-0.3, -0.25) is 0 Å². The Labute approximate surface area is 99.0 Å². The molecule has 0 amide bonds. The van der Waals surface area contributed by atoms with Gasteiger partial charge >= 0.3 is 0 Å². The first kappa shape index (κ1) is 13.9. The van der Waals surface area contributed by atoms with Crippen LogP contribution in [0.5, 0.6) is 0 Å². The number of aliphatic hydroxyl groups is 1. The summed E-state index contributed by atoms with van der Waals surface area (Å²) in [5.74, 6) is 0. The zero-order chi connectivity index (χ0) is 11.8. The van der Waals surface area contributed by atoms with E-state index in [9.17, 15) is 0 Å².